The third-order valence-electron chi connectivity index (χ3n) is 3.91. The van der Waals surface area contributed by atoms with Crippen LogP contribution < -0.4 is 5.32 Å². The van der Waals surface area contributed by atoms with Crippen molar-refractivity contribution in [2.75, 3.05) is 0 Å². The highest BCUT2D eigenvalue weighted by atomic mass is 35.5. The van der Waals surface area contributed by atoms with Gasteiger partial charge in [-0.15, -0.1) is 11.3 Å². The molecular formula is C16H18ClFN2S. The van der Waals surface area contributed by atoms with Crippen molar-refractivity contribution in [1.82, 2.24) is 10.3 Å². The van der Waals surface area contributed by atoms with Gasteiger partial charge in [-0.05, 0) is 25.0 Å². The molecule has 1 aromatic heterocycles. The van der Waals surface area contributed by atoms with Gasteiger partial charge in [0.2, 0.25) is 0 Å². The summed E-state index contributed by atoms with van der Waals surface area (Å²) in [5.41, 5.74) is 0.459. The van der Waals surface area contributed by atoms with E-state index in [1.54, 1.807) is 18.3 Å². The van der Waals surface area contributed by atoms with Gasteiger partial charge in [0.25, 0.3) is 0 Å². The lowest BCUT2D eigenvalue weighted by Gasteiger charge is -2.22. The van der Waals surface area contributed by atoms with Gasteiger partial charge in [-0.3, -0.25) is 0 Å². The molecule has 1 aliphatic rings. The predicted octanol–water partition coefficient (Wildman–Crippen LogP) is 5.02. The van der Waals surface area contributed by atoms with Crippen molar-refractivity contribution < 1.29 is 4.39 Å². The standard InChI is InChI=1S/C16H18ClFN2S/c17-12-7-4-8-13(18)16(12)14-9-20-15(21-14)10-19-11-5-2-1-3-6-11/h4,7-9,11,19H,1-3,5-6,10H2. The first-order valence-electron chi connectivity index (χ1n) is 7.36. The molecule has 1 heterocycles. The van der Waals surface area contributed by atoms with Crippen LogP contribution in [0.1, 0.15) is 37.1 Å². The third-order valence-corrected chi connectivity index (χ3v) is 5.24. The number of aromatic nitrogens is 1. The monoisotopic (exact) mass is 324 g/mol. The van der Waals surface area contributed by atoms with E-state index in [1.807, 2.05) is 0 Å². The van der Waals surface area contributed by atoms with Crippen molar-refractivity contribution >= 4 is 22.9 Å². The van der Waals surface area contributed by atoms with Gasteiger partial charge in [-0.2, -0.15) is 0 Å². The molecule has 1 saturated carbocycles. The van der Waals surface area contributed by atoms with E-state index < -0.39 is 0 Å². The van der Waals surface area contributed by atoms with Crippen LogP contribution in [0.5, 0.6) is 0 Å². The minimum atomic E-state index is -0.294. The highest BCUT2D eigenvalue weighted by molar-refractivity contribution is 7.15. The number of halogens is 2. The Labute approximate surface area is 133 Å². The molecule has 0 bridgehead atoms. The Balaban J connectivity index is 1.68. The van der Waals surface area contributed by atoms with Gasteiger partial charge < -0.3 is 5.32 Å². The van der Waals surface area contributed by atoms with E-state index in [9.17, 15) is 4.39 Å². The smallest absolute Gasteiger partial charge is 0.133 e. The average Bonchev–Trinajstić information content (AvgIpc) is 2.95. The summed E-state index contributed by atoms with van der Waals surface area (Å²) in [4.78, 5) is 5.18. The molecule has 1 N–H and O–H groups in total. The van der Waals surface area contributed by atoms with E-state index in [-0.39, 0.29) is 5.82 Å². The molecule has 3 rings (SSSR count). The molecule has 0 unspecified atom stereocenters. The zero-order valence-corrected chi connectivity index (χ0v) is 13.3. The lowest BCUT2D eigenvalue weighted by atomic mass is 9.96. The summed E-state index contributed by atoms with van der Waals surface area (Å²) in [6, 6.07) is 5.36. The summed E-state index contributed by atoms with van der Waals surface area (Å²) in [7, 11) is 0. The summed E-state index contributed by atoms with van der Waals surface area (Å²) < 4.78 is 13.9. The molecule has 0 saturated heterocycles. The zero-order chi connectivity index (χ0) is 14.7. The fourth-order valence-corrected chi connectivity index (χ4v) is 4.03. The van der Waals surface area contributed by atoms with Crippen LogP contribution in [0.15, 0.2) is 24.4 Å². The number of nitrogens with zero attached hydrogens (tertiary/aromatic N) is 1. The van der Waals surface area contributed by atoms with E-state index in [1.165, 1.54) is 49.5 Å². The molecule has 0 radical (unpaired) electrons. The molecule has 112 valence electrons. The van der Waals surface area contributed by atoms with Crippen molar-refractivity contribution in [3.05, 3.63) is 40.2 Å². The van der Waals surface area contributed by atoms with E-state index >= 15 is 0 Å². The fourth-order valence-electron chi connectivity index (χ4n) is 2.78. The molecular weight excluding hydrogens is 307 g/mol. The third kappa shape index (κ3) is 3.62. The molecule has 1 aromatic carbocycles. The van der Waals surface area contributed by atoms with Gasteiger partial charge in [0.1, 0.15) is 10.8 Å². The average molecular weight is 325 g/mol. The topological polar surface area (TPSA) is 24.9 Å². The van der Waals surface area contributed by atoms with Crippen LogP contribution in [0.2, 0.25) is 5.02 Å². The van der Waals surface area contributed by atoms with Crippen molar-refractivity contribution in [1.29, 1.82) is 0 Å². The van der Waals surface area contributed by atoms with Gasteiger partial charge in [-0.1, -0.05) is 36.9 Å². The lowest BCUT2D eigenvalue weighted by Crippen LogP contribution is -2.30. The van der Waals surface area contributed by atoms with Gasteiger partial charge >= 0.3 is 0 Å². The second-order valence-corrected chi connectivity index (χ2v) is 6.95. The quantitative estimate of drug-likeness (QED) is 0.853. The highest BCUT2D eigenvalue weighted by Crippen LogP contribution is 2.34. The molecule has 0 aliphatic heterocycles. The first-order valence-corrected chi connectivity index (χ1v) is 8.56. The van der Waals surface area contributed by atoms with Crippen molar-refractivity contribution in [3.8, 4) is 10.4 Å². The molecule has 1 fully saturated rings. The molecule has 2 aromatic rings. The molecule has 5 heteroatoms. The van der Waals surface area contributed by atoms with Crippen LogP contribution in [0.4, 0.5) is 4.39 Å². The van der Waals surface area contributed by atoms with E-state index in [2.05, 4.69) is 10.3 Å². The lowest BCUT2D eigenvalue weighted by molar-refractivity contribution is 0.372. The minimum Gasteiger partial charge on any atom is -0.308 e. The molecule has 1 aliphatic carbocycles. The Hall–Kier alpha value is -0.970. The first-order chi connectivity index (χ1) is 10.2. The van der Waals surface area contributed by atoms with Crippen molar-refractivity contribution in [2.45, 2.75) is 44.7 Å². The Bertz CT molecular complexity index is 588. The molecule has 2 nitrogen and oxygen atoms in total. The molecule has 21 heavy (non-hydrogen) atoms. The van der Waals surface area contributed by atoms with E-state index in [0.29, 0.717) is 16.6 Å². The summed E-state index contributed by atoms with van der Waals surface area (Å²) in [5, 5.41) is 4.97. The maximum absolute atomic E-state index is 13.9. The number of nitrogens with one attached hydrogen (secondary N) is 1. The molecule has 0 amide bonds. The van der Waals surface area contributed by atoms with Crippen LogP contribution >= 0.6 is 22.9 Å². The minimum absolute atomic E-state index is 0.294. The number of hydrogen-bond acceptors (Lipinski definition) is 3. The van der Waals surface area contributed by atoms with Crippen molar-refractivity contribution in [2.24, 2.45) is 0 Å². The van der Waals surface area contributed by atoms with Gasteiger partial charge in [0.05, 0.1) is 9.90 Å². The normalized spacial score (nSPS) is 16.3. The van der Waals surface area contributed by atoms with Crippen molar-refractivity contribution in [3.63, 3.8) is 0 Å². The molecule has 0 atom stereocenters. The largest absolute Gasteiger partial charge is 0.308 e. The predicted molar refractivity (Wildman–Crippen MR) is 86.2 cm³/mol. The Morgan fingerprint density at radius 1 is 1.29 bits per heavy atom. The van der Waals surface area contributed by atoms with Crippen LogP contribution in [0, 0.1) is 5.82 Å². The van der Waals surface area contributed by atoms with Crippen LogP contribution in [-0.4, -0.2) is 11.0 Å². The van der Waals surface area contributed by atoms with Gasteiger partial charge in [0.15, 0.2) is 0 Å². The number of hydrogen-bond donors (Lipinski definition) is 1. The van der Waals surface area contributed by atoms with Crippen LogP contribution in [0.25, 0.3) is 10.4 Å². The number of benzene rings is 1. The maximum atomic E-state index is 13.9. The molecule has 0 spiro atoms. The zero-order valence-electron chi connectivity index (χ0n) is 11.7. The summed E-state index contributed by atoms with van der Waals surface area (Å²) in [6.07, 6.45) is 8.18. The number of rotatable bonds is 4. The summed E-state index contributed by atoms with van der Waals surface area (Å²) >= 11 is 7.60. The SMILES string of the molecule is Fc1cccc(Cl)c1-c1cnc(CNC2CCCCC2)s1. The van der Waals surface area contributed by atoms with Crippen LogP contribution in [0.3, 0.4) is 0 Å². The summed E-state index contributed by atoms with van der Waals surface area (Å²) in [5.74, 6) is -0.294. The van der Waals surface area contributed by atoms with E-state index in [4.69, 9.17) is 11.6 Å². The van der Waals surface area contributed by atoms with Gasteiger partial charge in [-0.25, -0.2) is 9.37 Å². The number of thiazole rings is 1. The highest BCUT2D eigenvalue weighted by Gasteiger charge is 2.15. The second-order valence-electron chi connectivity index (χ2n) is 5.43. The van der Waals surface area contributed by atoms with Gasteiger partial charge in [0, 0.05) is 24.3 Å². The summed E-state index contributed by atoms with van der Waals surface area (Å²) in [6.45, 7) is 0.751. The van der Waals surface area contributed by atoms with E-state index in [0.717, 1.165) is 16.4 Å². The Morgan fingerprint density at radius 3 is 2.86 bits per heavy atom. The first kappa shape index (κ1) is 14.9. The Morgan fingerprint density at radius 2 is 2.10 bits per heavy atom. The fraction of sp³-hybridized carbons (Fsp3) is 0.438. The second kappa shape index (κ2) is 6.86. The maximum Gasteiger partial charge on any atom is 0.133 e. The Kier molecular flexibility index (Phi) is 4.88. The van der Waals surface area contributed by atoms with Crippen LogP contribution in [-0.2, 0) is 6.54 Å².